The van der Waals surface area contributed by atoms with E-state index in [0.717, 1.165) is 66.4 Å². The summed E-state index contributed by atoms with van der Waals surface area (Å²) in [5.74, 6) is 1.81. The van der Waals surface area contributed by atoms with E-state index in [2.05, 4.69) is 164 Å². The second-order valence-corrected chi connectivity index (χ2v) is 13.2. The molecule has 10 rings (SSSR count). The summed E-state index contributed by atoms with van der Waals surface area (Å²) in [5, 5.41) is 4.42. The molecule has 0 aliphatic carbocycles. The van der Waals surface area contributed by atoms with Gasteiger partial charge in [-0.05, 0) is 62.4 Å². The lowest BCUT2D eigenvalue weighted by molar-refractivity contribution is 0.669. The largest absolute Gasteiger partial charge is 0.456 e. The molecular formula is C49H31N3O. The molecule has 10 aromatic rings. The summed E-state index contributed by atoms with van der Waals surface area (Å²) in [6.07, 6.45) is 0. The van der Waals surface area contributed by atoms with E-state index in [1.54, 1.807) is 0 Å². The summed E-state index contributed by atoms with van der Waals surface area (Å²) >= 11 is 0. The topological polar surface area (TPSA) is 51.8 Å². The average molecular weight is 678 g/mol. The molecule has 0 spiro atoms. The number of hydrogen-bond donors (Lipinski definition) is 0. The molecule has 8 aromatic carbocycles. The third kappa shape index (κ3) is 5.63. The highest BCUT2D eigenvalue weighted by atomic mass is 16.3. The summed E-state index contributed by atoms with van der Waals surface area (Å²) < 4.78 is 6.46. The molecule has 0 saturated heterocycles. The zero-order chi connectivity index (χ0) is 35.1. The Labute approximate surface area is 306 Å². The lowest BCUT2D eigenvalue weighted by Gasteiger charge is -2.11. The number of rotatable bonds is 6. The SMILES string of the molecule is c1ccc(-c2ccc(-c3nc(-c4ccc(-c5ccccc5)cc4)nc(-c4cccc5oc6ccc(-c7cccc8ccccc78)cc6c45)n3)cc2)cc1. The van der Waals surface area contributed by atoms with Crippen molar-refractivity contribution in [2.75, 3.05) is 0 Å². The maximum atomic E-state index is 6.46. The van der Waals surface area contributed by atoms with Gasteiger partial charge in [0.1, 0.15) is 11.2 Å². The van der Waals surface area contributed by atoms with E-state index in [-0.39, 0.29) is 0 Å². The molecule has 0 N–H and O–H groups in total. The van der Waals surface area contributed by atoms with Gasteiger partial charge in [0, 0.05) is 27.5 Å². The molecule has 53 heavy (non-hydrogen) atoms. The first-order chi connectivity index (χ1) is 26.2. The Kier molecular flexibility index (Phi) is 7.43. The van der Waals surface area contributed by atoms with E-state index in [1.807, 2.05) is 24.3 Å². The summed E-state index contributed by atoms with van der Waals surface area (Å²) in [6.45, 7) is 0. The first-order valence-electron chi connectivity index (χ1n) is 17.8. The first kappa shape index (κ1) is 30.6. The quantitative estimate of drug-likeness (QED) is 0.176. The van der Waals surface area contributed by atoms with Crippen LogP contribution in [0.2, 0.25) is 0 Å². The van der Waals surface area contributed by atoms with E-state index in [4.69, 9.17) is 19.4 Å². The molecule has 0 radical (unpaired) electrons. The van der Waals surface area contributed by atoms with Crippen LogP contribution in [0.15, 0.2) is 192 Å². The third-order valence-electron chi connectivity index (χ3n) is 9.97. The van der Waals surface area contributed by atoms with Gasteiger partial charge in [0.15, 0.2) is 17.5 Å². The van der Waals surface area contributed by atoms with Crippen LogP contribution in [0.4, 0.5) is 0 Å². The van der Waals surface area contributed by atoms with Gasteiger partial charge in [-0.3, -0.25) is 0 Å². The smallest absolute Gasteiger partial charge is 0.164 e. The van der Waals surface area contributed by atoms with Gasteiger partial charge in [0.2, 0.25) is 0 Å². The fourth-order valence-corrected chi connectivity index (χ4v) is 7.30. The molecular weight excluding hydrogens is 647 g/mol. The zero-order valence-electron chi connectivity index (χ0n) is 28.6. The van der Waals surface area contributed by atoms with Gasteiger partial charge in [-0.2, -0.15) is 0 Å². The molecule has 4 nitrogen and oxygen atoms in total. The first-order valence-corrected chi connectivity index (χ1v) is 17.8. The van der Waals surface area contributed by atoms with E-state index in [1.165, 1.54) is 16.3 Å². The van der Waals surface area contributed by atoms with Crippen molar-refractivity contribution in [3.63, 3.8) is 0 Å². The summed E-state index contributed by atoms with van der Waals surface area (Å²) in [6, 6.07) is 65.2. The van der Waals surface area contributed by atoms with Crippen molar-refractivity contribution < 1.29 is 4.42 Å². The highest BCUT2D eigenvalue weighted by molar-refractivity contribution is 6.13. The fourth-order valence-electron chi connectivity index (χ4n) is 7.30. The molecule has 0 atom stereocenters. The Morgan fingerprint density at radius 1 is 0.302 bits per heavy atom. The minimum absolute atomic E-state index is 0.591. The predicted molar refractivity (Wildman–Crippen MR) is 217 cm³/mol. The van der Waals surface area contributed by atoms with Crippen LogP contribution in [0.1, 0.15) is 0 Å². The minimum Gasteiger partial charge on any atom is -0.456 e. The van der Waals surface area contributed by atoms with Crippen LogP contribution in [0, 0.1) is 0 Å². The van der Waals surface area contributed by atoms with E-state index >= 15 is 0 Å². The van der Waals surface area contributed by atoms with Crippen molar-refractivity contribution in [1.29, 1.82) is 0 Å². The standard InChI is InChI=1S/C49H31N3O/c1-3-11-32(12-4-1)34-21-25-37(26-22-34)47-50-48(38-27-23-35(24-28-38)33-13-5-2-6-14-33)52-49(51-47)42-19-10-20-45-46(42)43-31-39(29-30-44(43)53-45)41-18-9-16-36-15-7-8-17-40(36)41/h1-31H. The molecule has 248 valence electrons. The molecule has 0 fully saturated rings. The highest BCUT2D eigenvalue weighted by Gasteiger charge is 2.19. The summed E-state index contributed by atoms with van der Waals surface area (Å²) in [5.41, 5.74) is 11.2. The second kappa shape index (κ2) is 12.9. The molecule has 2 heterocycles. The number of aromatic nitrogens is 3. The van der Waals surface area contributed by atoms with E-state index in [9.17, 15) is 0 Å². The molecule has 4 heteroatoms. The van der Waals surface area contributed by atoms with Gasteiger partial charge >= 0.3 is 0 Å². The molecule has 0 unspecified atom stereocenters. The second-order valence-electron chi connectivity index (χ2n) is 13.2. The maximum absolute atomic E-state index is 6.46. The molecule has 0 amide bonds. The van der Waals surface area contributed by atoms with Crippen molar-refractivity contribution >= 4 is 32.7 Å². The minimum atomic E-state index is 0.591. The van der Waals surface area contributed by atoms with Crippen LogP contribution in [-0.2, 0) is 0 Å². The molecule has 0 bridgehead atoms. The Balaban J connectivity index is 1.14. The number of hydrogen-bond acceptors (Lipinski definition) is 4. The lowest BCUT2D eigenvalue weighted by Crippen LogP contribution is -2.00. The normalized spacial score (nSPS) is 11.4. The van der Waals surface area contributed by atoms with Gasteiger partial charge in [0.05, 0.1) is 0 Å². The van der Waals surface area contributed by atoms with E-state index in [0.29, 0.717) is 17.5 Å². The average Bonchev–Trinajstić information content (AvgIpc) is 3.62. The lowest BCUT2D eigenvalue weighted by atomic mass is 9.96. The predicted octanol–water partition coefficient (Wildman–Crippen LogP) is 12.9. The summed E-state index contributed by atoms with van der Waals surface area (Å²) in [4.78, 5) is 15.4. The maximum Gasteiger partial charge on any atom is 0.164 e. The van der Waals surface area contributed by atoms with Crippen LogP contribution in [0.5, 0.6) is 0 Å². The Bertz CT molecular complexity index is 2810. The van der Waals surface area contributed by atoms with Crippen molar-refractivity contribution in [3.05, 3.63) is 188 Å². The van der Waals surface area contributed by atoms with Gasteiger partial charge in [-0.15, -0.1) is 0 Å². The van der Waals surface area contributed by atoms with Crippen molar-refractivity contribution in [3.8, 4) is 67.5 Å². The molecule has 0 aliphatic heterocycles. The van der Waals surface area contributed by atoms with Crippen LogP contribution in [-0.4, -0.2) is 15.0 Å². The molecule has 0 aliphatic rings. The fraction of sp³-hybridized carbons (Fsp3) is 0. The number of nitrogens with zero attached hydrogens (tertiary/aromatic N) is 3. The van der Waals surface area contributed by atoms with Crippen LogP contribution in [0.25, 0.3) is 100 Å². The third-order valence-corrected chi connectivity index (χ3v) is 9.97. The number of furan rings is 1. The van der Waals surface area contributed by atoms with Crippen molar-refractivity contribution in [1.82, 2.24) is 15.0 Å². The zero-order valence-corrected chi connectivity index (χ0v) is 28.6. The van der Waals surface area contributed by atoms with Crippen molar-refractivity contribution in [2.45, 2.75) is 0 Å². The monoisotopic (exact) mass is 677 g/mol. The Morgan fingerprint density at radius 3 is 1.45 bits per heavy atom. The Morgan fingerprint density at radius 2 is 0.792 bits per heavy atom. The van der Waals surface area contributed by atoms with Gasteiger partial charge in [0.25, 0.3) is 0 Å². The number of benzene rings is 8. The summed E-state index contributed by atoms with van der Waals surface area (Å²) in [7, 11) is 0. The van der Waals surface area contributed by atoms with Crippen LogP contribution < -0.4 is 0 Å². The van der Waals surface area contributed by atoms with Gasteiger partial charge in [-0.25, -0.2) is 15.0 Å². The molecule has 2 aromatic heterocycles. The highest BCUT2D eigenvalue weighted by Crippen LogP contribution is 2.39. The molecule has 0 saturated carbocycles. The van der Waals surface area contributed by atoms with Gasteiger partial charge < -0.3 is 4.42 Å². The van der Waals surface area contributed by atoms with Gasteiger partial charge in [-0.1, -0.05) is 170 Å². The van der Waals surface area contributed by atoms with Crippen molar-refractivity contribution in [2.24, 2.45) is 0 Å². The number of fused-ring (bicyclic) bond motifs is 4. The van der Waals surface area contributed by atoms with Crippen LogP contribution >= 0.6 is 0 Å². The van der Waals surface area contributed by atoms with Crippen LogP contribution in [0.3, 0.4) is 0 Å². The van der Waals surface area contributed by atoms with E-state index < -0.39 is 0 Å². The Hall–Kier alpha value is -7.17.